The Morgan fingerprint density at radius 3 is 2.49 bits per heavy atom. The van der Waals surface area contributed by atoms with Crippen molar-refractivity contribution in [1.82, 2.24) is 15.6 Å². The second-order valence-corrected chi connectivity index (χ2v) is 8.23. The highest BCUT2D eigenvalue weighted by atomic mass is 19.1. The third kappa shape index (κ3) is 8.83. The van der Waals surface area contributed by atoms with Gasteiger partial charge in [-0.25, -0.2) is 9.18 Å². The van der Waals surface area contributed by atoms with Crippen molar-refractivity contribution in [2.75, 3.05) is 13.2 Å². The molecule has 0 saturated carbocycles. The third-order valence-corrected chi connectivity index (χ3v) is 5.04. The normalized spacial score (nSPS) is 11.7. The van der Waals surface area contributed by atoms with Gasteiger partial charge in [0.25, 0.3) is 5.91 Å². The number of rotatable bonds is 11. The van der Waals surface area contributed by atoms with E-state index in [-0.39, 0.29) is 30.5 Å². The Labute approximate surface area is 204 Å². The van der Waals surface area contributed by atoms with Crippen LogP contribution >= 0.6 is 0 Å². The maximum absolute atomic E-state index is 13.4. The van der Waals surface area contributed by atoms with E-state index in [1.807, 2.05) is 44.2 Å². The van der Waals surface area contributed by atoms with Crippen molar-refractivity contribution in [2.45, 2.75) is 39.0 Å². The van der Waals surface area contributed by atoms with E-state index in [0.717, 1.165) is 5.56 Å². The molecular formula is C27H30FN3O4. The Kier molecular flexibility index (Phi) is 9.74. The lowest BCUT2D eigenvalue weighted by atomic mass is 10.1. The highest BCUT2D eigenvalue weighted by Gasteiger charge is 2.15. The summed E-state index contributed by atoms with van der Waals surface area (Å²) in [5.74, 6) is -0.630. The molecule has 3 aromatic rings. The molecule has 0 radical (unpaired) electrons. The number of alkyl carbamates (subject to hydrolysis) is 1. The Morgan fingerprint density at radius 1 is 1.00 bits per heavy atom. The summed E-state index contributed by atoms with van der Waals surface area (Å²) in [7, 11) is 0. The standard InChI is InChI=1S/C27H30FN3O4/c1-19(2)35-24(18-34-27(33)31-16-20-7-4-3-5-8-20)13-14-29-26(32)22-11-12-25(30-17-22)21-9-6-10-23(28)15-21/h3-12,15,17,19,24H,13-14,16,18H2,1-2H3,(H,29,32)(H,31,33). The van der Waals surface area contributed by atoms with Crippen molar-refractivity contribution in [3.63, 3.8) is 0 Å². The van der Waals surface area contributed by atoms with Gasteiger partial charge in [-0.05, 0) is 50.1 Å². The van der Waals surface area contributed by atoms with Crippen LogP contribution in [-0.4, -0.2) is 42.3 Å². The number of ether oxygens (including phenoxy) is 2. The van der Waals surface area contributed by atoms with E-state index in [1.54, 1.807) is 24.3 Å². The molecule has 0 aliphatic rings. The minimum atomic E-state index is -0.528. The van der Waals surface area contributed by atoms with Crippen LogP contribution in [0.15, 0.2) is 72.9 Å². The average Bonchev–Trinajstić information content (AvgIpc) is 2.86. The molecular weight excluding hydrogens is 449 g/mol. The third-order valence-electron chi connectivity index (χ3n) is 5.04. The summed E-state index contributed by atoms with van der Waals surface area (Å²) in [6, 6.07) is 19.0. The second kappa shape index (κ2) is 13.2. The molecule has 35 heavy (non-hydrogen) atoms. The van der Waals surface area contributed by atoms with Gasteiger partial charge in [-0.15, -0.1) is 0 Å². The van der Waals surface area contributed by atoms with Crippen LogP contribution in [0.4, 0.5) is 9.18 Å². The van der Waals surface area contributed by atoms with Gasteiger partial charge in [-0.1, -0.05) is 42.5 Å². The number of pyridine rings is 1. The summed E-state index contributed by atoms with van der Waals surface area (Å²) in [5.41, 5.74) is 2.58. The highest BCUT2D eigenvalue weighted by Crippen LogP contribution is 2.18. The van der Waals surface area contributed by atoms with Crippen LogP contribution in [0.2, 0.25) is 0 Å². The number of benzene rings is 2. The van der Waals surface area contributed by atoms with Gasteiger partial charge in [0.15, 0.2) is 0 Å². The lowest BCUT2D eigenvalue weighted by Crippen LogP contribution is -2.33. The predicted octanol–water partition coefficient (Wildman–Crippen LogP) is 4.73. The van der Waals surface area contributed by atoms with E-state index < -0.39 is 6.09 Å². The van der Waals surface area contributed by atoms with E-state index in [0.29, 0.717) is 36.3 Å². The van der Waals surface area contributed by atoms with Crippen LogP contribution in [0.5, 0.6) is 0 Å². The van der Waals surface area contributed by atoms with E-state index in [2.05, 4.69) is 15.6 Å². The number of carbonyl (C=O) groups is 2. The summed E-state index contributed by atoms with van der Waals surface area (Å²) >= 11 is 0. The van der Waals surface area contributed by atoms with Gasteiger partial charge in [0.05, 0.1) is 23.5 Å². The molecule has 8 heteroatoms. The Bertz CT molecular complexity index is 1090. The van der Waals surface area contributed by atoms with Gasteiger partial charge in [0.2, 0.25) is 0 Å². The van der Waals surface area contributed by atoms with Crippen molar-refractivity contribution in [2.24, 2.45) is 0 Å². The summed E-state index contributed by atoms with van der Waals surface area (Å²) < 4.78 is 24.6. The smallest absolute Gasteiger partial charge is 0.407 e. The quantitative estimate of drug-likeness (QED) is 0.415. The van der Waals surface area contributed by atoms with Gasteiger partial charge in [-0.2, -0.15) is 0 Å². The molecule has 2 amide bonds. The van der Waals surface area contributed by atoms with Crippen molar-refractivity contribution < 1.29 is 23.5 Å². The Morgan fingerprint density at radius 2 is 1.80 bits per heavy atom. The van der Waals surface area contributed by atoms with E-state index >= 15 is 0 Å². The van der Waals surface area contributed by atoms with Gasteiger partial charge in [0, 0.05) is 24.8 Å². The molecule has 1 unspecified atom stereocenters. The first kappa shape index (κ1) is 25.8. The fourth-order valence-corrected chi connectivity index (χ4v) is 3.36. The molecule has 7 nitrogen and oxygen atoms in total. The van der Waals surface area contributed by atoms with Crippen LogP contribution in [0.3, 0.4) is 0 Å². The van der Waals surface area contributed by atoms with Crippen molar-refractivity contribution in [1.29, 1.82) is 0 Å². The highest BCUT2D eigenvalue weighted by molar-refractivity contribution is 5.94. The van der Waals surface area contributed by atoms with Crippen LogP contribution in [-0.2, 0) is 16.0 Å². The molecule has 1 atom stereocenters. The number of carbonyl (C=O) groups excluding carboxylic acids is 2. The summed E-state index contributed by atoms with van der Waals surface area (Å²) in [5, 5.41) is 5.54. The number of amides is 2. The number of nitrogens with zero attached hydrogens (tertiary/aromatic N) is 1. The fourth-order valence-electron chi connectivity index (χ4n) is 3.36. The van der Waals surface area contributed by atoms with Gasteiger partial charge in [0.1, 0.15) is 12.4 Å². The van der Waals surface area contributed by atoms with Crippen LogP contribution in [0.25, 0.3) is 11.3 Å². The first-order chi connectivity index (χ1) is 16.9. The van der Waals surface area contributed by atoms with Crippen molar-refractivity contribution in [3.05, 3.63) is 89.9 Å². The summed E-state index contributed by atoms with van der Waals surface area (Å²) in [6.07, 6.45) is 0.958. The first-order valence-corrected chi connectivity index (χ1v) is 11.5. The second-order valence-electron chi connectivity index (χ2n) is 8.23. The number of halogens is 1. The zero-order valence-electron chi connectivity index (χ0n) is 19.9. The molecule has 0 saturated heterocycles. The van der Waals surface area contributed by atoms with E-state index in [4.69, 9.17) is 9.47 Å². The van der Waals surface area contributed by atoms with Gasteiger partial charge >= 0.3 is 6.09 Å². The molecule has 1 aromatic heterocycles. The van der Waals surface area contributed by atoms with Crippen LogP contribution in [0.1, 0.15) is 36.2 Å². The lowest BCUT2D eigenvalue weighted by Gasteiger charge is -2.20. The average molecular weight is 480 g/mol. The summed E-state index contributed by atoms with van der Waals surface area (Å²) in [6.45, 7) is 4.56. The molecule has 0 aliphatic carbocycles. The fraction of sp³-hybridized carbons (Fsp3) is 0.296. The largest absolute Gasteiger partial charge is 0.447 e. The molecule has 3 rings (SSSR count). The zero-order valence-corrected chi connectivity index (χ0v) is 19.9. The monoisotopic (exact) mass is 479 g/mol. The molecule has 0 bridgehead atoms. The van der Waals surface area contributed by atoms with E-state index in [1.165, 1.54) is 18.3 Å². The minimum Gasteiger partial charge on any atom is -0.447 e. The number of aromatic nitrogens is 1. The molecule has 184 valence electrons. The Hall–Kier alpha value is -3.78. The minimum absolute atomic E-state index is 0.0637. The van der Waals surface area contributed by atoms with Crippen LogP contribution in [0, 0.1) is 5.82 Å². The molecule has 1 heterocycles. The first-order valence-electron chi connectivity index (χ1n) is 11.5. The van der Waals surface area contributed by atoms with Crippen molar-refractivity contribution >= 4 is 12.0 Å². The van der Waals surface area contributed by atoms with Crippen molar-refractivity contribution in [3.8, 4) is 11.3 Å². The van der Waals surface area contributed by atoms with Gasteiger partial charge < -0.3 is 20.1 Å². The topological polar surface area (TPSA) is 89.6 Å². The molecule has 0 aliphatic heterocycles. The molecule has 0 spiro atoms. The molecule has 2 aromatic carbocycles. The van der Waals surface area contributed by atoms with Gasteiger partial charge in [-0.3, -0.25) is 9.78 Å². The summed E-state index contributed by atoms with van der Waals surface area (Å²) in [4.78, 5) is 28.8. The molecule has 0 fully saturated rings. The number of nitrogens with one attached hydrogen (secondary N) is 2. The maximum Gasteiger partial charge on any atom is 0.407 e. The number of hydrogen-bond acceptors (Lipinski definition) is 5. The zero-order chi connectivity index (χ0) is 25.0. The maximum atomic E-state index is 13.4. The van der Waals surface area contributed by atoms with Crippen LogP contribution < -0.4 is 10.6 Å². The SMILES string of the molecule is CC(C)OC(CCNC(=O)c1ccc(-c2cccc(F)c2)nc1)COC(=O)NCc1ccccc1. The molecule has 2 N–H and O–H groups in total. The number of hydrogen-bond donors (Lipinski definition) is 2. The van der Waals surface area contributed by atoms with E-state index in [9.17, 15) is 14.0 Å². The predicted molar refractivity (Wildman–Crippen MR) is 131 cm³/mol. The Balaban J connectivity index is 1.44. The lowest BCUT2D eigenvalue weighted by molar-refractivity contribution is -0.0307.